The quantitative estimate of drug-likeness (QED) is 0.451. The fraction of sp³-hybridized carbons (Fsp3) is 0.0870. The molecule has 0 amide bonds. The first-order valence-electron chi connectivity index (χ1n) is 9.27. The Morgan fingerprint density at radius 2 is 1.72 bits per heavy atom. The molecule has 5 nitrogen and oxygen atoms in total. The molecule has 5 rings (SSSR count). The number of fused-ring (bicyclic) bond motifs is 2. The molecular weight excluding hydrogens is 384 g/mol. The standard InChI is InChI=1S/C23H18N2O3S/c29-23(24-13-15-5-10-20-22(11-15)27-14-26-20)25-18-8-6-16(7-9-18)21-12-17-3-1-2-4-19(17)28-21/h1-12H,13-14H2,(H2,24,25,29). The molecule has 144 valence electrons. The van der Waals surface area contributed by atoms with Crippen LogP contribution in [0.1, 0.15) is 5.56 Å². The predicted molar refractivity (Wildman–Crippen MR) is 117 cm³/mol. The summed E-state index contributed by atoms with van der Waals surface area (Å²) in [7, 11) is 0. The Hall–Kier alpha value is -3.51. The van der Waals surface area contributed by atoms with Gasteiger partial charge in [-0.3, -0.25) is 0 Å². The van der Waals surface area contributed by atoms with Crippen LogP contribution in [0.15, 0.2) is 77.2 Å². The highest BCUT2D eigenvalue weighted by atomic mass is 32.1. The van der Waals surface area contributed by atoms with Gasteiger partial charge < -0.3 is 24.5 Å². The molecule has 0 radical (unpaired) electrons. The summed E-state index contributed by atoms with van der Waals surface area (Å²) in [6.07, 6.45) is 0. The summed E-state index contributed by atoms with van der Waals surface area (Å²) in [5, 5.41) is 8.06. The van der Waals surface area contributed by atoms with Gasteiger partial charge in [0.25, 0.3) is 0 Å². The Labute approximate surface area is 173 Å². The second-order valence-electron chi connectivity index (χ2n) is 6.72. The van der Waals surface area contributed by atoms with Crippen molar-refractivity contribution in [2.24, 2.45) is 0 Å². The van der Waals surface area contributed by atoms with E-state index in [4.69, 9.17) is 26.1 Å². The Balaban J connectivity index is 1.21. The van der Waals surface area contributed by atoms with Crippen molar-refractivity contribution in [2.45, 2.75) is 6.54 Å². The van der Waals surface area contributed by atoms with Crippen LogP contribution < -0.4 is 20.1 Å². The predicted octanol–water partition coefficient (Wildman–Crippen LogP) is 5.32. The molecule has 2 heterocycles. The van der Waals surface area contributed by atoms with Crippen LogP contribution in [0, 0.1) is 0 Å². The Morgan fingerprint density at radius 3 is 2.59 bits per heavy atom. The summed E-state index contributed by atoms with van der Waals surface area (Å²) >= 11 is 5.41. The number of para-hydroxylation sites is 1. The molecule has 0 fully saturated rings. The molecule has 29 heavy (non-hydrogen) atoms. The van der Waals surface area contributed by atoms with Crippen molar-refractivity contribution in [1.82, 2.24) is 5.32 Å². The van der Waals surface area contributed by atoms with Crippen LogP contribution >= 0.6 is 12.2 Å². The molecule has 1 aliphatic heterocycles. The lowest BCUT2D eigenvalue weighted by Gasteiger charge is -2.11. The lowest BCUT2D eigenvalue weighted by atomic mass is 10.1. The van der Waals surface area contributed by atoms with Crippen LogP contribution in [0.4, 0.5) is 5.69 Å². The Morgan fingerprint density at radius 1 is 0.897 bits per heavy atom. The van der Waals surface area contributed by atoms with Crippen LogP contribution in [-0.2, 0) is 6.54 Å². The molecule has 1 aliphatic rings. The van der Waals surface area contributed by atoms with Gasteiger partial charge >= 0.3 is 0 Å². The molecule has 1 aromatic heterocycles. The zero-order valence-electron chi connectivity index (χ0n) is 15.5. The maximum atomic E-state index is 5.92. The first-order valence-corrected chi connectivity index (χ1v) is 9.68. The fourth-order valence-electron chi connectivity index (χ4n) is 3.25. The lowest BCUT2D eigenvalue weighted by molar-refractivity contribution is 0.174. The van der Waals surface area contributed by atoms with Gasteiger partial charge in [-0.15, -0.1) is 0 Å². The first kappa shape index (κ1) is 17.6. The number of hydrogen-bond acceptors (Lipinski definition) is 4. The van der Waals surface area contributed by atoms with E-state index in [1.54, 1.807) is 0 Å². The van der Waals surface area contributed by atoms with Crippen molar-refractivity contribution < 1.29 is 13.9 Å². The summed E-state index contributed by atoms with van der Waals surface area (Å²) in [4.78, 5) is 0. The molecule has 0 saturated heterocycles. The molecule has 0 unspecified atom stereocenters. The van der Waals surface area contributed by atoms with Crippen molar-refractivity contribution >= 4 is 34.0 Å². The molecule has 0 bridgehead atoms. The highest BCUT2D eigenvalue weighted by Gasteiger charge is 2.13. The molecule has 0 atom stereocenters. The average Bonchev–Trinajstić information content (AvgIpc) is 3.39. The highest BCUT2D eigenvalue weighted by Crippen LogP contribution is 2.32. The molecule has 4 aromatic rings. The number of thiocarbonyl (C=S) groups is 1. The van der Waals surface area contributed by atoms with Gasteiger partial charge in [-0.25, -0.2) is 0 Å². The monoisotopic (exact) mass is 402 g/mol. The van der Waals surface area contributed by atoms with E-state index in [1.165, 1.54) is 0 Å². The first-order chi connectivity index (χ1) is 14.2. The van der Waals surface area contributed by atoms with Crippen molar-refractivity contribution in [3.8, 4) is 22.8 Å². The maximum absolute atomic E-state index is 5.92. The van der Waals surface area contributed by atoms with Crippen LogP contribution in [0.5, 0.6) is 11.5 Å². The van der Waals surface area contributed by atoms with Gasteiger partial charge in [0.05, 0.1) is 0 Å². The molecule has 2 N–H and O–H groups in total. The van der Waals surface area contributed by atoms with Gasteiger partial charge in [0, 0.05) is 23.2 Å². The summed E-state index contributed by atoms with van der Waals surface area (Å²) in [5.74, 6) is 2.39. The molecule has 0 saturated carbocycles. The molecule has 6 heteroatoms. The van der Waals surface area contributed by atoms with E-state index in [1.807, 2.05) is 66.7 Å². The number of furan rings is 1. The zero-order chi connectivity index (χ0) is 19.6. The SMILES string of the molecule is S=C(NCc1ccc2c(c1)OCO2)Nc1ccc(-c2cc3ccccc3o2)cc1. The van der Waals surface area contributed by atoms with Gasteiger partial charge in [-0.2, -0.15) is 0 Å². The van der Waals surface area contributed by atoms with Crippen LogP contribution in [0.3, 0.4) is 0 Å². The van der Waals surface area contributed by atoms with E-state index in [-0.39, 0.29) is 6.79 Å². The van der Waals surface area contributed by atoms with Gasteiger partial charge in [0.1, 0.15) is 11.3 Å². The number of benzene rings is 3. The van der Waals surface area contributed by atoms with Crippen LogP contribution in [0.2, 0.25) is 0 Å². The van der Waals surface area contributed by atoms with Crippen LogP contribution in [0.25, 0.3) is 22.3 Å². The second kappa shape index (κ2) is 7.48. The maximum Gasteiger partial charge on any atom is 0.231 e. The second-order valence-corrected chi connectivity index (χ2v) is 7.13. The van der Waals surface area contributed by atoms with Crippen molar-refractivity contribution in [3.63, 3.8) is 0 Å². The lowest BCUT2D eigenvalue weighted by Crippen LogP contribution is -2.27. The van der Waals surface area contributed by atoms with E-state index in [9.17, 15) is 0 Å². The third-order valence-corrected chi connectivity index (χ3v) is 4.99. The van der Waals surface area contributed by atoms with Gasteiger partial charge in [-0.05, 0) is 66.3 Å². The van der Waals surface area contributed by atoms with Crippen molar-refractivity contribution in [2.75, 3.05) is 12.1 Å². The zero-order valence-corrected chi connectivity index (χ0v) is 16.3. The topological polar surface area (TPSA) is 55.7 Å². The number of nitrogens with one attached hydrogen (secondary N) is 2. The molecule has 0 aliphatic carbocycles. The fourth-order valence-corrected chi connectivity index (χ4v) is 3.44. The largest absolute Gasteiger partial charge is 0.456 e. The number of anilines is 1. The summed E-state index contributed by atoms with van der Waals surface area (Å²) in [6, 6.07) is 23.9. The smallest absolute Gasteiger partial charge is 0.231 e. The minimum absolute atomic E-state index is 0.274. The molecule has 3 aromatic carbocycles. The number of rotatable bonds is 4. The Bertz CT molecular complexity index is 1150. The van der Waals surface area contributed by atoms with E-state index in [0.29, 0.717) is 11.7 Å². The summed E-state index contributed by atoms with van der Waals surface area (Å²) in [6.45, 7) is 0.871. The van der Waals surface area contributed by atoms with Gasteiger partial charge in [0.15, 0.2) is 16.6 Å². The van der Waals surface area contributed by atoms with Crippen LogP contribution in [-0.4, -0.2) is 11.9 Å². The van der Waals surface area contributed by atoms with Crippen molar-refractivity contribution in [1.29, 1.82) is 0 Å². The third kappa shape index (κ3) is 3.75. The number of hydrogen-bond donors (Lipinski definition) is 2. The summed E-state index contributed by atoms with van der Waals surface area (Å²) in [5.41, 5.74) is 3.89. The van der Waals surface area contributed by atoms with Crippen molar-refractivity contribution in [3.05, 3.63) is 78.4 Å². The number of ether oxygens (including phenoxy) is 2. The molecule has 0 spiro atoms. The van der Waals surface area contributed by atoms with Gasteiger partial charge in [0.2, 0.25) is 6.79 Å². The highest BCUT2D eigenvalue weighted by molar-refractivity contribution is 7.80. The van der Waals surface area contributed by atoms with E-state index >= 15 is 0 Å². The molecular formula is C23H18N2O3S. The Kier molecular flexibility index (Phi) is 4.54. The van der Waals surface area contributed by atoms with E-state index in [2.05, 4.69) is 16.7 Å². The third-order valence-electron chi connectivity index (χ3n) is 4.74. The average molecular weight is 402 g/mol. The van der Waals surface area contributed by atoms with E-state index in [0.717, 1.165) is 45.0 Å². The minimum atomic E-state index is 0.274. The summed E-state index contributed by atoms with van der Waals surface area (Å²) < 4.78 is 16.6. The van der Waals surface area contributed by atoms with E-state index < -0.39 is 0 Å². The van der Waals surface area contributed by atoms with Gasteiger partial charge in [-0.1, -0.05) is 24.3 Å². The normalized spacial score (nSPS) is 12.1. The minimum Gasteiger partial charge on any atom is -0.456 e.